The van der Waals surface area contributed by atoms with Gasteiger partial charge in [-0.2, -0.15) is 0 Å². The number of benzene rings is 2. The SMILES string of the molecule is CC(=O)Nc1ccc(C)c(C(=O)N2Cc3ccccc3C[C@H]2C(N)=O)c1. The van der Waals surface area contributed by atoms with Crippen LogP contribution >= 0.6 is 0 Å². The number of amides is 3. The van der Waals surface area contributed by atoms with Crippen molar-refractivity contribution in [2.45, 2.75) is 32.9 Å². The molecule has 0 saturated heterocycles. The van der Waals surface area contributed by atoms with E-state index in [2.05, 4.69) is 5.32 Å². The van der Waals surface area contributed by atoms with E-state index in [1.54, 1.807) is 18.2 Å². The summed E-state index contributed by atoms with van der Waals surface area (Å²) in [6.45, 7) is 3.56. The predicted octanol–water partition coefficient (Wildman–Crippen LogP) is 2.01. The Balaban J connectivity index is 1.97. The summed E-state index contributed by atoms with van der Waals surface area (Å²) in [5, 5.41) is 2.68. The van der Waals surface area contributed by atoms with Crippen molar-refractivity contribution in [1.82, 2.24) is 4.90 Å². The second kappa shape index (κ2) is 7.00. The number of anilines is 1. The maximum absolute atomic E-state index is 13.2. The van der Waals surface area contributed by atoms with Gasteiger partial charge in [-0.1, -0.05) is 30.3 Å². The minimum atomic E-state index is -0.693. The van der Waals surface area contributed by atoms with Gasteiger partial charge in [0.25, 0.3) is 5.91 Å². The number of carbonyl (C=O) groups is 3. The summed E-state index contributed by atoms with van der Waals surface area (Å²) in [6.07, 6.45) is 0.404. The van der Waals surface area contributed by atoms with E-state index in [1.165, 1.54) is 11.8 Å². The number of hydrogen-bond donors (Lipinski definition) is 2. The van der Waals surface area contributed by atoms with Gasteiger partial charge in [0.15, 0.2) is 0 Å². The average Bonchev–Trinajstić information content (AvgIpc) is 2.61. The third kappa shape index (κ3) is 3.44. The first-order valence-corrected chi connectivity index (χ1v) is 8.42. The van der Waals surface area contributed by atoms with Crippen LogP contribution in [0.1, 0.15) is 34.0 Å². The fourth-order valence-corrected chi connectivity index (χ4v) is 3.28. The molecular formula is C20H21N3O3. The van der Waals surface area contributed by atoms with Crippen molar-refractivity contribution in [3.8, 4) is 0 Å². The topological polar surface area (TPSA) is 92.5 Å². The number of rotatable bonds is 3. The van der Waals surface area contributed by atoms with Gasteiger partial charge >= 0.3 is 0 Å². The lowest BCUT2D eigenvalue weighted by Gasteiger charge is -2.35. The number of carbonyl (C=O) groups excluding carboxylic acids is 3. The second-order valence-electron chi connectivity index (χ2n) is 6.53. The molecule has 6 heteroatoms. The van der Waals surface area contributed by atoms with E-state index in [0.717, 1.165) is 16.7 Å². The van der Waals surface area contributed by atoms with Crippen LogP contribution in [0, 0.1) is 6.92 Å². The molecule has 0 fully saturated rings. The lowest BCUT2D eigenvalue weighted by Crippen LogP contribution is -2.51. The highest BCUT2D eigenvalue weighted by molar-refractivity contribution is 6.00. The van der Waals surface area contributed by atoms with E-state index in [-0.39, 0.29) is 11.8 Å². The van der Waals surface area contributed by atoms with E-state index >= 15 is 0 Å². The van der Waals surface area contributed by atoms with Crippen molar-refractivity contribution < 1.29 is 14.4 Å². The zero-order valence-electron chi connectivity index (χ0n) is 14.8. The molecule has 2 aromatic carbocycles. The van der Waals surface area contributed by atoms with E-state index in [4.69, 9.17) is 5.73 Å². The first-order chi connectivity index (χ1) is 12.4. The van der Waals surface area contributed by atoms with Gasteiger partial charge in [-0.25, -0.2) is 0 Å². The van der Waals surface area contributed by atoms with Crippen molar-refractivity contribution in [3.63, 3.8) is 0 Å². The molecular weight excluding hydrogens is 330 g/mol. The number of nitrogens with one attached hydrogen (secondary N) is 1. The monoisotopic (exact) mass is 351 g/mol. The molecule has 0 unspecified atom stereocenters. The maximum atomic E-state index is 13.2. The maximum Gasteiger partial charge on any atom is 0.255 e. The highest BCUT2D eigenvalue weighted by Gasteiger charge is 2.34. The van der Waals surface area contributed by atoms with Crippen LogP contribution in [0.4, 0.5) is 5.69 Å². The van der Waals surface area contributed by atoms with Crippen LogP contribution in [0.2, 0.25) is 0 Å². The minimum Gasteiger partial charge on any atom is -0.368 e. The fourth-order valence-electron chi connectivity index (χ4n) is 3.28. The summed E-state index contributed by atoms with van der Waals surface area (Å²) >= 11 is 0. The van der Waals surface area contributed by atoms with Crippen molar-refractivity contribution in [3.05, 3.63) is 64.7 Å². The highest BCUT2D eigenvalue weighted by Crippen LogP contribution is 2.26. The van der Waals surface area contributed by atoms with Crippen LogP contribution in [-0.2, 0) is 22.6 Å². The molecule has 3 N–H and O–H groups in total. The summed E-state index contributed by atoms with van der Waals surface area (Å²) in [7, 11) is 0. The van der Waals surface area contributed by atoms with Gasteiger partial charge in [0.05, 0.1) is 0 Å². The van der Waals surface area contributed by atoms with Crippen molar-refractivity contribution in [1.29, 1.82) is 0 Å². The van der Waals surface area contributed by atoms with Gasteiger partial charge in [-0.3, -0.25) is 14.4 Å². The number of nitrogens with zero attached hydrogens (tertiary/aromatic N) is 1. The molecule has 1 aliphatic rings. The number of hydrogen-bond acceptors (Lipinski definition) is 3. The van der Waals surface area contributed by atoms with Gasteiger partial charge in [-0.05, 0) is 35.7 Å². The van der Waals surface area contributed by atoms with E-state index in [9.17, 15) is 14.4 Å². The average molecular weight is 351 g/mol. The molecule has 26 heavy (non-hydrogen) atoms. The summed E-state index contributed by atoms with van der Waals surface area (Å²) in [5.41, 5.74) is 9.37. The Morgan fingerprint density at radius 3 is 2.46 bits per heavy atom. The van der Waals surface area contributed by atoms with E-state index in [0.29, 0.717) is 24.2 Å². The molecule has 6 nitrogen and oxygen atoms in total. The zero-order chi connectivity index (χ0) is 18.8. The first-order valence-electron chi connectivity index (χ1n) is 8.42. The third-order valence-corrected chi connectivity index (χ3v) is 4.63. The van der Waals surface area contributed by atoms with Crippen LogP contribution < -0.4 is 11.1 Å². The van der Waals surface area contributed by atoms with Crippen molar-refractivity contribution >= 4 is 23.4 Å². The Morgan fingerprint density at radius 2 is 1.81 bits per heavy atom. The Labute approximate surface area is 152 Å². The van der Waals surface area contributed by atoms with Gasteiger partial charge < -0.3 is 16.0 Å². The van der Waals surface area contributed by atoms with Gasteiger partial charge in [0.1, 0.15) is 6.04 Å². The standard InChI is InChI=1S/C20H21N3O3/c1-12-7-8-16(22-13(2)24)10-17(12)20(26)23-11-15-6-4-3-5-14(15)9-18(23)19(21)25/h3-8,10,18H,9,11H2,1-2H3,(H2,21,25)(H,22,24)/t18-/m0/s1. The first kappa shape index (κ1) is 17.7. The molecule has 1 atom stereocenters. The molecule has 0 saturated carbocycles. The summed E-state index contributed by atoms with van der Waals surface area (Å²) in [6, 6.07) is 12.2. The third-order valence-electron chi connectivity index (χ3n) is 4.63. The Kier molecular flexibility index (Phi) is 4.75. The fraction of sp³-hybridized carbons (Fsp3) is 0.250. The van der Waals surface area contributed by atoms with E-state index < -0.39 is 11.9 Å². The summed E-state index contributed by atoms with van der Waals surface area (Å²) < 4.78 is 0. The van der Waals surface area contributed by atoms with Crippen LogP contribution in [0.5, 0.6) is 0 Å². The Hall–Kier alpha value is -3.15. The zero-order valence-corrected chi connectivity index (χ0v) is 14.8. The quantitative estimate of drug-likeness (QED) is 0.886. The van der Waals surface area contributed by atoms with Crippen molar-refractivity contribution in [2.75, 3.05) is 5.32 Å². The number of nitrogens with two attached hydrogens (primary N) is 1. The molecule has 2 aromatic rings. The molecule has 0 aromatic heterocycles. The Morgan fingerprint density at radius 1 is 1.12 bits per heavy atom. The van der Waals surface area contributed by atoms with E-state index in [1.807, 2.05) is 31.2 Å². The molecule has 1 heterocycles. The number of aryl methyl sites for hydroxylation is 1. The van der Waals surface area contributed by atoms with Crippen LogP contribution in [0.25, 0.3) is 0 Å². The number of fused-ring (bicyclic) bond motifs is 1. The van der Waals surface area contributed by atoms with Crippen molar-refractivity contribution in [2.24, 2.45) is 5.73 Å². The molecule has 0 spiro atoms. The molecule has 0 aliphatic carbocycles. The van der Waals surface area contributed by atoms with Gasteiger partial charge in [0, 0.05) is 31.1 Å². The normalized spacial score (nSPS) is 15.9. The van der Waals surface area contributed by atoms with Gasteiger partial charge in [-0.15, -0.1) is 0 Å². The molecule has 134 valence electrons. The highest BCUT2D eigenvalue weighted by atomic mass is 16.2. The molecule has 3 amide bonds. The molecule has 0 radical (unpaired) electrons. The number of primary amides is 1. The Bertz CT molecular complexity index is 892. The predicted molar refractivity (Wildman–Crippen MR) is 98.5 cm³/mol. The second-order valence-corrected chi connectivity index (χ2v) is 6.53. The van der Waals surface area contributed by atoms with Gasteiger partial charge in [0.2, 0.25) is 11.8 Å². The van der Waals surface area contributed by atoms with Crippen LogP contribution in [0.15, 0.2) is 42.5 Å². The molecule has 3 rings (SSSR count). The van der Waals surface area contributed by atoms with Crippen LogP contribution in [0.3, 0.4) is 0 Å². The summed E-state index contributed by atoms with van der Waals surface area (Å²) in [5.74, 6) is -1.01. The smallest absolute Gasteiger partial charge is 0.255 e. The van der Waals surface area contributed by atoms with Crippen LogP contribution in [-0.4, -0.2) is 28.7 Å². The largest absolute Gasteiger partial charge is 0.368 e. The lowest BCUT2D eigenvalue weighted by molar-refractivity contribution is -0.123. The molecule has 1 aliphatic heterocycles. The molecule has 0 bridgehead atoms. The minimum absolute atomic E-state index is 0.214. The summed E-state index contributed by atoms with van der Waals surface area (Å²) in [4.78, 5) is 38.0. The lowest BCUT2D eigenvalue weighted by atomic mass is 9.92.